The van der Waals surface area contributed by atoms with E-state index < -0.39 is 5.54 Å². The molecular weight excluding hydrogens is 320 g/mol. The molecule has 1 atom stereocenters. The van der Waals surface area contributed by atoms with Gasteiger partial charge in [0.2, 0.25) is 5.91 Å². The van der Waals surface area contributed by atoms with Gasteiger partial charge in [-0.1, -0.05) is 13.3 Å². The number of ether oxygens (including phenoxy) is 2. The molecule has 0 bridgehead atoms. The van der Waals surface area contributed by atoms with Gasteiger partial charge in [0.05, 0.1) is 20.3 Å². The number of morpholine rings is 1. The number of hydrogen-bond acceptors (Lipinski definition) is 5. The van der Waals surface area contributed by atoms with E-state index in [0.717, 1.165) is 25.8 Å². The Morgan fingerprint density at radius 3 is 2.57 bits per heavy atom. The van der Waals surface area contributed by atoms with Crippen molar-refractivity contribution in [1.82, 2.24) is 10.6 Å². The minimum Gasteiger partial charge on any atom is -0.467 e. The first-order chi connectivity index (χ1) is 10.6. The Morgan fingerprint density at radius 2 is 2.04 bits per heavy atom. The molecule has 1 amide bonds. The molecule has 23 heavy (non-hydrogen) atoms. The number of carbonyl (C=O) groups excluding carboxylic acids is 2. The molecular formula is C16H29ClN2O4. The number of esters is 1. The molecule has 2 N–H and O–H groups in total. The molecule has 1 aliphatic heterocycles. The van der Waals surface area contributed by atoms with Crippen molar-refractivity contribution in [2.75, 3.05) is 26.9 Å². The molecule has 7 heteroatoms. The number of methoxy groups -OCH3 is 1. The van der Waals surface area contributed by atoms with Crippen molar-refractivity contribution in [1.29, 1.82) is 0 Å². The highest BCUT2D eigenvalue weighted by atomic mass is 35.5. The second kappa shape index (κ2) is 9.45. The van der Waals surface area contributed by atoms with Crippen LogP contribution in [0.4, 0.5) is 0 Å². The molecule has 1 saturated carbocycles. The highest BCUT2D eigenvalue weighted by Gasteiger charge is 2.43. The highest BCUT2D eigenvalue weighted by Crippen LogP contribution is 2.34. The fourth-order valence-corrected chi connectivity index (χ4v) is 3.45. The second-order valence-electron chi connectivity index (χ2n) is 6.40. The Kier molecular flexibility index (Phi) is 8.29. The van der Waals surface area contributed by atoms with Crippen molar-refractivity contribution >= 4 is 24.3 Å². The lowest BCUT2D eigenvalue weighted by atomic mass is 9.75. The summed E-state index contributed by atoms with van der Waals surface area (Å²) in [6, 6.07) is 0.0235. The minimum absolute atomic E-state index is 0. The normalized spacial score (nSPS) is 30.9. The van der Waals surface area contributed by atoms with E-state index >= 15 is 0 Å². The zero-order valence-corrected chi connectivity index (χ0v) is 14.9. The number of rotatable bonds is 5. The van der Waals surface area contributed by atoms with Crippen LogP contribution in [0.25, 0.3) is 0 Å². The SMILES string of the molecule is CCC1CCC(NC(=O)CC2COCCN2)(C(=O)OC)CC1.Cl. The van der Waals surface area contributed by atoms with Crippen LogP contribution in [0.2, 0.25) is 0 Å². The van der Waals surface area contributed by atoms with Gasteiger partial charge in [0.25, 0.3) is 0 Å². The first-order valence-corrected chi connectivity index (χ1v) is 8.30. The van der Waals surface area contributed by atoms with Crippen molar-refractivity contribution in [3.63, 3.8) is 0 Å². The molecule has 0 aromatic rings. The number of halogens is 1. The smallest absolute Gasteiger partial charge is 0.331 e. The highest BCUT2D eigenvalue weighted by molar-refractivity contribution is 5.88. The van der Waals surface area contributed by atoms with Gasteiger partial charge in [-0.25, -0.2) is 4.79 Å². The van der Waals surface area contributed by atoms with Crippen LogP contribution in [0.5, 0.6) is 0 Å². The lowest BCUT2D eigenvalue weighted by Gasteiger charge is -2.38. The maximum atomic E-state index is 12.3. The van der Waals surface area contributed by atoms with Crippen LogP contribution in [-0.4, -0.2) is 50.3 Å². The van der Waals surface area contributed by atoms with E-state index in [-0.39, 0.29) is 30.3 Å². The molecule has 0 radical (unpaired) electrons. The summed E-state index contributed by atoms with van der Waals surface area (Å²) >= 11 is 0. The third-order valence-electron chi connectivity index (χ3n) is 4.92. The maximum absolute atomic E-state index is 12.3. The summed E-state index contributed by atoms with van der Waals surface area (Å²) in [5.74, 6) is 0.217. The molecule has 2 rings (SSSR count). The Labute approximate surface area is 144 Å². The van der Waals surface area contributed by atoms with Crippen LogP contribution in [0.3, 0.4) is 0 Å². The van der Waals surface area contributed by atoms with Gasteiger partial charge >= 0.3 is 5.97 Å². The number of amides is 1. The van der Waals surface area contributed by atoms with Gasteiger partial charge in [-0.15, -0.1) is 12.4 Å². The van der Waals surface area contributed by atoms with E-state index in [4.69, 9.17) is 9.47 Å². The largest absolute Gasteiger partial charge is 0.467 e. The molecule has 2 fully saturated rings. The Hall–Kier alpha value is -0.850. The first kappa shape index (κ1) is 20.2. The van der Waals surface area contributed by atoms with Crippen molar-refractivity contribution in [3.05, 3.63) is 0 Å². The standard InChI is InChI=1S/C16H28N2O4.ClH/c1-3-12-4-6-16(7-5-12,15(20)21-2)18-14(19)10-13-11-22-9-8-17-13;/h12-13,17H,3-11H2,1-2H3,(H,18,19);1H. The van der Waals surface area contributed by atoms with Gasteiger partial charge in [-0.2, -0.15) is 0 Å². The van der Waals surface area contributed by atoms with E-state index in [2.05, 4.69) is 17.6 Å². The molecule has 1 saturated heterocycles. The van der Waals surface area contributed by atoms with Crippen LogP contribution >= 0.6 is 12.4 Å². The summed E-state index contributed by atoms with van der Waals surface area (Å²) in [5, 5.41) is 6.22. The topological polar surface area (TPSA) is 76.7 Å². The predicted octanol–water partition coefficient (Wildman–Crippen LogP) is 1.41. The average Bonchev–Trinajstić information content (AvgIpc) is 2.55. The molecule has 6 nitrogen and oxygen atoms in total. The Morgan fingerprint density at radius 1 is 1.35 bits per heavy atom. The average molecular weight is 349 g/mol. The lowest BCUT2D eigenvalue weighted by molar-refractivity contribution is -0.153. The summed E-state index contributed by atoms with van der Waals surface area (Å²) in [5.41, 5.74) is -0.840. The third-order valence-corrected chi connectivity index (χ3v) is 4.92. The summed E-state index contributed by atoms with van der Waals surface area (Å²) in [4.78, 5) is 24.6. The zero-order chi connectivity index (χ0) is 16.0. The van der Waals surface area contributed by atoms with Crippen LogP contribution in [0, 0.1) is 5.92 Å². The second-order valence-corrected chi connectivity index (χ2v) is 6.40. The molecule has 0 aromatic heterocycles. The third kappa shape index (κ3) is 5.33. The van der Waals surface area contributed by atoms with Crippen molar-refractivity contribution in [3.8, 4) is 0 Å². The number of hydrogen-bond donors (Lipinski definition) is 2. The van der Waals surface area contributed by atoms with Crippen molar-refractivity contribution in [2.24, 2.45) is 5.92 Å². The van der Waals surface area contributed by atoms with Gasteiger partial charge in [0, 0.05) is 19.0 Å². The van der Waals surface area contributed by atoms with Gasteiger partial charge in [-0.3, -0.25) is 4.79 Å². The van der Waals surface area contributed by atoms with Crippen molar-refractivity contribution in [2.45, 2.75) is 57.0 Å². The molecule has 0 spiro atoms. The Balaban J connectivity index is 0.00000264. The molecule has 0 aromatic carbocycles. The minimum atomic E-state index is -0.840. The lowest BCUT2D eigenvalue weighted by Crippen LogP contribution is -2.58. The summed E-state index contributed by atoms with van der Waals surface area (Å²) in [6.07, 6.45) is 4.69. The van der Waals surface area contributed by atoms with Gasteiger partial charge in [-0.05, 0) is 31.6 Å². The summed E-state index contributed by atoms with van der Waals surface area (Å²) < 4.78 is 10.3. The van der Waals surface area contributed by atoms with E-state index in [1.165, 1.54) is 7.11 Å². The molecule has 1 unspecified atom stereocenters. The molecule has 2 aliphatic rings. The van der Waals surface area contributed by atoms with Gasteiger partial charge < -0.3 is 20.1 Å². The monoisotopic (exact) mass is 348 g/mol. The van der Waals surface area contributed by atoms with Gasteiger partial charge in [0.1, 0.15) is 5.54 Å². The molecule has 134 valence electrons. The van der Waals surface area contributed by atoms with E-state index in [9.17, 15) is 9.59 Å². The molecule has 1 aliphatic carbocycles. The summed E-state index contributed by atoms with van der Waals surface area (Å²) in [7, 11) is 1.39. The molecule has 1 heterocycles. The predicted molar refractivity (Wildman–Crippen MR) is 89.6 cm³/mol. The summed E-state index contributed by atoms with van der Waals surface area (Å²) in [6.45, 7) is 4.15. The van der Waals surface area contributed by atoms with Crippen LogP contribution in [0.15, 0.2) is 0 Å². The maximum Gasteiger partial charge on any atom is 0.331 e. The van der Waals surface area contributed by atoms with Gasteiger partial charge in [0.15, 0.2) is 0 Å². The fraction of sp³-hybridized carbons (Fsp3) is 0.875. The van der Waals surface area contributed by atoms with Crippen LogP contribution < -0.4 is 10.6 Å². The Bertz CT molecular complexity index is 392. The van der Waals surface area contributed by atoms with E-state index in [0.29, 0.717) is 38.4 Å². The fourth-order valence-electron chi connectivity index (χ4n) is 3.45. The number of carbonyl (C=O) groups is 2. The first-order valence-electron chi connectivity index (χ1n) is 8.30. The quantitative estimate of drug-likeness (QED) is 0.735. The van der Waals surface area contributed by atoms with Crippen LogP contribution in [0.1, 0.15) is 45.4 Å². The van der Waals surface area contributed by atoms with E-state index in [1.54, 1.807) is 0 Å². The van der Waals surface area contributed by atoms with Crippen molar-refractivity contribution < 1.29 is 19.1 Å². The zero-order valence-electron chi connectivity index (χ0n) is 14.1. The van der Waals surface area contributed by atoms with Crippen LogP contribution in [-0.2, 0) is 19.1 Å². The number of nitrogens with one attached hydrogen (secondary N) is 2. The van der Waals surface area contributed by atoms with E-state index in [1.807, 2.05) is 0 Å².